The lowest BCUT2D eigenvalue weighted by atomic mass is 9.82. The molecule has 0 bridgehead atoms. The van der Waals surface area contributed by atoms with Crippen LogP contribution in [0.2, 0.25) is 0 Å². The quantitative estimate of drug-likeness (QED) is 0.801. The lowest BCUT2D eigenvalue weighted by molar-refractivity contribution is -0.146. The second-order valence-corrected chi connectivity index (χ2v) is 5.04. The third-order valence-electron chi connectivity index (χ3n) is 3.73. The van der Waals surface area contributed by atoms with Gasteiger partial charge in [0.15, 0.2) is 0 Å². The van der Waals surface area contributed by atoms with E-state index < -0.39 is 18.0 Å². The molecule has 0 aromatic heterocycles. The molecule has 1 heterocycles. The van der Waals surface area contributed by atoms with Crippen LogP contribution in [0.5, 0.6) is 0 Å². The first-order chi connectivity index (χ1) is 11.1. The van der Waals surface area contributed by atoms with Gasteiger partial charge < -0.3 is 9.47 Å². The molecule has 0 radical (unpaired) electrons. The first-order valence-corrected chi connectivity index (χ1v) is 7.31. The lowest BCUT2D eigenvalue weighted by Gasteiger charge is -2.33. The van der Waals surface area contributed by atoms with Crippen LogP contribution in [-0.4, -0.2) is 37.2 Å². The minimum Gasteiger partial charge on any atom is -0.469 e. The van der Waals surface area contributed by atoms with Gasteiger partial charge in [-0.05, 0) is 18.6 Å². The topological polar surface area (TPSA) is 79.6 Å². The number of methoxy groups -OCH3 is 1. The van der Waals surface area contributed by atoms with Gasteiger partial charge in [0.05, 0.1) is 19.6 Å². The monoisotopic (exact) mass is 314 g/mol. The Labute approximate surface area is 134 Å². The molecule has 1 aromatic rings. The van der Waals surface area contributed by atoms with Crippen LogP contribution in [0.15, 0.2) is 42.1 Å². The maximum Gasteiger partial charge on any atom is 0.414 e. The molecule has 0 fully saturated rings. The molecule has 2 atom stereocenters. The molecule has 2 rings (SSSR count). The van der Waals surface area contributed by atoms with Gasteiger partial charge in [-0.25, -0.2) is 4.79 Å². The van der Waals surface area contributed by atoms with Gasteiger partial charge in [-0.15, -0.1) is 0 Å². The summed E-state index contributed by atoms with van der Waals surface area (Å²) in [5.74, 6) is -1.35. The number of ether oxygens (including phenoxy) is 2. The minimum absolute atomic E-state index is 0.0461. The van der Waals surface area contributed by atoms with E-state index in [1.165, 1.54) is 12.0 Å². The van der Waals surface area contributed by atoms with E-state index in [0.717, 1.165) is 5.56 Å². The molecule has 1 aromatic carbocycles. The van der Waals surface area contributed by atoms with Crippen LogP contribution in [0, 0.1) is 17.2 Å². The van der Waals surface area contributed by atoms with Gasteiger partial charge in [-0.3, -0.25) is 9.69 Å². The first-order valence-electron chi connectivity index (χ1n) is 7.31. The van der Waals surface area contributed by atoms with Gasteiger partial charge in [0.1, 0.15) is 11.8 Å². The van der Waals surface area contributed by atoms with E-state index in [0.29, 0.717) is 0 Å². The SMILES string of the molecule is CCOC(=O)N1C[C@H](C(=O)OC)[C@@H](c2ccccc2)C=C1C#N. The van der Waals surface area contributed by atoms with Crippen molar-refractivity contribution in [3.05, 3.63) is 47.7 Å². The Morgan fingerprint density at radius 2 is 2.04 bits per heavy atom. The molecule has 1 aliphatic heterocycles. The molecule has 120 valence electrons. The number of carbonyl (C=O) groups is 2. The number of carbonyl (C=O) groups excluding carboxylic acids is 2. The van der Waals surface area contributed by atoms with Crippen LogP contribution in [-0.2, 0) is 14.3 Å². The fourth-order valence-electron chi connectivity index (χ4n) is 2.63. The lowest BCUT2D eigenvalue weighted by Crippen LogP contribution is -2.43. The summed E-state index contributed by atoms with van der Waals surface area (Å²) >= 11 is 0. The third-order valence-corrected chi connectivity index (χ3v) is 3.73. The molecule has 0 saturated heterocycles. The van der Waals surface area contributed by atoms with Crippen LogP contribution < -0.4 is 0 Å². The van der Waals surface area contributed by atoms with Crippen LogP contribution in [0.4, 0.5) is 4.79 Å². The van der Waals surface area contributed by atoms with Crippen LogP contribution >= 0.6 is 0 Å². The number of hydrogen-bond donors (Lipinski definition) is 0. The number of esters is 1. The summed E-state index contributed by atoms with van der Waals surface area (Å²) in [4.78, 5) is 25.4. The summed E-state index contributed by atoms with van der Waals surface area (Å²) in [7, 11) is 1.31. The van der Waals surface area contributed by atoms with Crippen molar-refractivity contribution in [2.75, 3.05) is 20.3 Å². The first kappa shape index (κ1) is 16.6. The maximum atomic E-state index is 12.2. The second-order valence-electron chi connectivity index (χ2n) is 5.04. The Kier molecular flexibility index (Phi) is 5.36. The zero-order valence-electron chi connectivity index (χ0n) is 13.1. The normalized spacial score (nSPS) is 20.2. The molecule has 23 heavy (non-hydrogen) atoms. The van der Waals surface area contributed by atoms with Crippen molar-refractivity contribution < 1.29 is 19.1 Å². The highest BCUT2D eigenvalue weighted by Crippen LogP contribution is 2.34. The summed E-state index contributed by atoms with van der Waals surface area (Å²) in [6, 6.07) is 11.4. The zero-order valence-corrected chi connectivity index (χ0v) is 13.1. The highest BCUT2D eigenvalue weighted by atomic mass is 16.6. The van der Waals surface area contributed by atoms with Gasteiger partial charge >= 0.3 is 12.1 Å². The number of benzene rings is 1. The standard InChI is InChI=1S/C17H18N2O4/c1-3-23-17(21)19-11-15(16(20)22-2)14(9-13(19)10-18)12-7-5-4-6-8-12/h4-9,14-15H,3,11H2,1-2H3/t14-,15+/m1/s1. The number of allylic oxidation sites excluding steroid dienone is 2. The third kappa shape index (κ3) is 3.51. The van der Waals surface area contributed by atoms with Crippen molar-refractivity contribution in [3.8, 4) is 6.07 Å². The van der Waals surface area contributed by atoms with Gasteiger partial charge in [0, 0.05) is 12.5 Å². The number of amides is 1. The molecule has 0 spiro atoms. The summed E-state index contributed by atoms with van der Waals surface area (Å²) < 4.78 is 9.83. The highest BCUT2D eigenvalue weighted by molar-refractivity contribution is 5.78. The number of nitriles is 1. The average Bonchev–Trinajstić information content (AvgIpc) is 2.60. The van der Waals surface area contributed by atoms with Crippen molar-refractivity contribution in [2.45, 2.75) is 12.8 Å². The van der Waals surface area contributed by atoms with E-state index in [2.05, 4.69) is 0 Å². The maximum absolute atomic E-state index is 12.2. The van der Waals surface area contributed by atoms with Crippen molar-refractivity contribution in [1.82, 2.24) is 4.90 Å². The van der Waals surface area contributed by atoms with E-state index in [-0.39, 0.29) is 24.8 Å². The van der Waals surface area contributed by atoms with E-state index >= 15 is 0 Å². The van der Waals surface area contributed by atoms with E-state index in [1.54, 1.807) is 13.0 Å². The van der Waals surface area contributed by atoms with Crippen molar-refractivity contribution in [1.29, 1.82) is 5.26 Å². The average molecular weight is 314 g/mol. The van der Waals surface area contributed by atoms with Crippen molar-refractivity contribution >= 4 is 12.1 Å². The number of nitrogens with zero attached hydrogens (tertiary/aromatic N) is 2. The van der Waals surface area contributed by atoms with Crippen LogP contribution in [0.3, 0.4) is 0 Å². The molecule has 1 aliphatic rings. The highest BCUT2D eigenvalue weighted by Gasteiger charge is 2.38. The van der Waals surface area contributed by atoms with E-state index in [1.807, 2.05) is 36.4 Å². The predicted molar refractivity (Wildman–Crippen MR) is 82.1 cm³/mol. The summed E-state index contributed by atoms with van der Waals surface area (Å²) in [5, 5.41) is 9.34. The Hall–Kier alpha value is -2.81. The van der Waals surface area contributed by atoms with Crippen molar-refractivity contribution in [3.63, 3.8) is 0 Å². The molecule has 6 heteroatoms. The smallest absolute Gasteiger partial charge is 0.414 e. The van der Waals surface area contributed by atoms with Crippen LogP contribution in [0.25, 0.3) is 0 Å². The molecule has 0 aliphatic carbocycles. The van der Waals surface area contributed by atoms with Gasteiger partial charge in [0.2, 0.25) is 0 Å². The summed E-state index contributed by atoms with van der Waals surface area (Å²) in [6.07, 6.45) is 0.984. The molecule has 0 saturated carbocycles. The van der Waals surface area contributed by atoms with Crippen molar-refractivity contribution in [2.24, 2.45) is 5.92 Å². The Bertz CT molecular complexity index is 648. The van der Waals surface area contributed by atoms with Gasteiger partial charge in [0.25, 0.3) is 0 Å². The molecule has 1 amide bonds. The summed E-state index contributed by atoms with van der Waals surface area (Å²) in [6.45, 7) is 1.92. The second kappa shape index (κ2) is 7.45. The predicted octanol–water partition coefficient (Wildman–Crippen LogP) is 2.44. The Morgan fingerprint density at radius 1 is 1.35 bits per heavy atom. The zero-order chi connectivity index (χ0) is 16.8. The Balaban J connectivity index is 2.43. The largest absolute Gasteiger partial charge is 0.469 e. The van der Waals surface area contributed by atoms with Gasteiger partial charge in [-0.2, -0.15) is 5.26 Å². The summed E-state index contributed by atoms with van der Waals surface area (Å²) in [5.41, 5.74) is 1.07. The Morgan fingerprint density at radius 3 is 2.61 bits per heavy atom. The molecular formula is C17H18N2O4. The van der Waals surface area contributed by atoms with E-state index in [9.17, 15) is 14.9 Å². The fourth-order valence-corrected chi connectivity index (χ4v) is 2.63. The fraction of sp³-hybridized carbons (Fsp3) is 0.353. The number of rotatable bonds is 3. The molecule has 0 unspecified atom stereocenters. The minimum atomic E-state index is -0.638. The van der Waals surface area contributed by atoms with Crippen LogP contribution in [0.1, 0.15) is 18.4 Å². The molecule has 0 N–H and O–H groups in total. The van der Waals surface area contributed by atoms with Gasteiger partial charge in [-0.1, -0.05) is 30.3 Å². The molecular weight excluding hydrogens is 296 g/mol. The van der Waals surface area contributed by atoms with E-state index in [4.69, 9.17) is 9.47 Å². The number of hydrogen-bond acceptors (Lipinski definition) is 5. The molecule has 6 nitrogen and oxygen atoms in total.